The Labute approximate surface area is 343 Å². The molecule has 0 radical (unpaired) electrons. The number of halogens is 2. The first-order valence-corrected chi connectivity index (χ1v) is 19.6. The van der Waals surface area contributed by atoms with Crippen molar-refractivity contribution < 1.29 is 46.2 Å². The van der Waals surface area contributed by atoms with E-state index in [1.54, 1.807) is 49.7 Å². The van der Waals surface area contributed by atoms with Gasteiger partial charge < -0.3 is 43.1 Å². The summed E-state index contributed by atoms with van der Waals surface area (Å²) in [6.07, 6.45) is 2.57. The lowest BCUT2D eigenvalue weighted by atomic mass is 10.0. The third-order valence-electron chi connectivity index (χ3n) is 10.2. The zero-order valence-electron chi connectivity index (χ0n) is 33.7. The van der Waals surface area contributed by atoms with E-state index in [1.807, 2.05) is 32.9 Å². The van der Waals surface area contributed by atoms with E-state index >= 15 is 0 Å². The first-order chi connectivity index (χ1) is 28.9. The number of nitrogens with one attached hydrogen (secondary N) is 3. The van der Waals surface area contributed by atoms with E-state index in [2.05, 4.69) is 21.9 Å². The largest absolute Gasteiger partial charge is 0.502 e. The Kier molecular flexibility index (Phi) is 10.8. The Balaban J connectivity index is 1.17. The van der Waals surface area contributed by atoms with Crippen molar-refractivity contribution in [3.63, 3.8) is 0 Å². The number of benzene rings is 4. The quantitative estimate of drug-likeness (QED) is 0.0528. The van der Waals surface area contributed by atoms with Crippen molar-refractivity contribution in [3.05, 3.63) is 120 Å². The Morgan fingerprint density at radius 1 is 0.783 bits per heavy atom. The number of H-pyrrole nitrogens is 2. The third kappa shape index (κ3) is 7.54. The van der Waals surface area contributed by atoms with Crippen molar-refractivity contribution in [1.82, 2.24) is 15.3 Å². The van der Waals surface area contributed by atoms with Gasteiger partial charge in [0.05, 0.1) is 42.2 Å². The fourth-order valence-electron chi connectivity index (χ4n) is 7.50. The Morgan fingerprint density at radius 3 is 2.00 bits per heavy atom. The molecule has 1 amide bonds. The van der Waals surface area contributed by atoms with E-state index in [4.69, 9.17) is 27.8 Å². The van der Waals surface area contributed by atoms with Crippen LogP contribution in [0.3, 0.4) is 0 Å². The second-order valence-electron chi connectivity index (χ2n) is 14.8. The maximum Gasteiger partial charge on any atom is 0.342 e. The standard InChI is InChI=1S/C47H43F2N3O8/c1-24(2)57-37-23-34-39(47(54)56-19-7-8-25(3)55-6)43(28-11-15-30(49)16-12-28)60-45(34)35-21-31(52-41(35)37)20-26(4)58-36-22-33-38(46(53)50-5)42(27-9-13-29(48)14-10-27)59-44(33)32-17-18-51-40(32)36/h9-18,21-24,26,51-52H,3,7-8,19-20H2,1-2,4-6H3,(H,50,53). The number of rotatable bonds is 15. The van der Waals surface area contributed by atoms with E-state index in [-0.39, 0.29) is 29.9 Å². The van der Waals surface area contributed by atoms with Crippen molar-refractivity contribution in [1.29, 1.82) is 0 Å². The van der Waals surface area contributed by atoms with Crippen LogP contribution < -0.4 is 14.8 Å². The monoisotopic (exact) mass is 815 g/mol. The number of amides is 1. The first kappa shape index (κ1) is 39.8. The minimum absolute atomic E-state index is 0.116. The molecule has 3 N–H and O–H groups in total. The van der Waals surface area contributed by atoms with E-state index < -0.39 is 23.7 Å². The second kappa shape index (κ2) is 16.3. The highest BCUT2D eigenvalue weighted by Crippen LogP contribution is 2.44. The predicted octanol–water partition coefficient (Wildman–Crippen LogP) is 11.0. The molecule has 0 fully saturated rings. The van der Waals surface area contributed by atoms with Gasteiger partial charge in [-0.3, -0.25) is 4.79 Å². The lowest BCUT2D eigenvalue weighted by molar-refractivity contribution is 0.0498. The van der Waals surface area contributed by atoms with Crippen LogP contribution in [0.2, 0.25) is 0 Å². The number of furan rings is 2. The van der Waals surface area contributed by atoms with Crippen LogP contribution in [0.4, 0.5) is 8.78 Å². The number of methoxy groups -OCH3 is 1. The molecule has 13 heteroatoms. The number of hydrogen-bond acceptors (Lipinski definition) is 8. The summed E-state index contributed by atoms with van der Waals surface area (Å²) in [4.78, 5) is 34.0. The van der Waals surface area contributed by atoms with E-state index in [0.717, 1.165) is 5.69 Å². The summed E-state index contributed by atoms with van der Waals surface area (Å²) in [6, 6.07) is 18.8. The van der Waals surface area contributed by atoms with Crippen LogP contribution in [0, 0.1) is 11.6 Å². The number of ether oxygens (including phenoxy) is 4. The lowest BCUT2D eigenvalue weighted by Gasteiger charge is -2.15. The minimum atomic E-state index is -0.599. The van der Waals surface area contributed by atoms with Crippen molar-refractivity contribution in [2.45, 2.75) is 52.2 Å². The number of carbonyl (C=O) groups excluding carboxylic acids is 2. The molecule has 0 bridgehead atoms. The highest BCUT2D eigenvalue weighted by Gasteiger charge is 2.29. The van der Waals surface area contributed by atoms with Gasteiger partial charge in [0.1, 0.15) is 57.5 Å². The average molecular weight is 816 g/mol. The first-order valence-electron chi connectivity index (χ1n) is 19.6. The molecule has 4 aromatic carbocycles. The topological polar surface area (TPSA) is 141 Å². The summed E-state index contributed by atoms with van der Waals surface area (Å²) < 4.78 is 64.6. The van der Waals surface area contributed by atoms with E-state index in [0.29, 0.717) is 103 Å². The number of hydrogen-bond donors (Lipinski definition) is 3. The van der Waals surface area contributed by atoms with Gasteiger partial charge in [0.2, 0.25) is 0 Å². The fraction of sp³-hybridized carbons (Fsp3) is 0.234. The number of esters is 1. The molecule has 8 aromatic rings. The molecule has 0 aliphatic heterocycles. The number of carbonyl (C=O) groups is 2. The summed E-state index contributed by atoms with van der Waals surface area (Å²) in [6.45, 7) is 9.70. The van der Waals surface area contributed by atoms with Gasteiger partial charge in [-0.05, 0) is 100.0 Å². The van der Waals surface area contributed by atoms with E-state index in [9.17, 15) is 18.4 Å². The van der Waals surface area contributed by atoms with Crippen LogP contribution in [0.5, 0.6) is 11.5 Å². The van der Waals surface area contributed by atoms with Crippen molar-refractivity contribution >= 4 is 55.6 Å². The van der Waals surface area contributed by atoms with Crippen LogP contribution >= 0.6 is 0 Å². The number of aromatic amines is 2. The normalized spacial score (nSPS) is 12.1. The molecule has 11 nitrogen and oxygen atoms in total. The van der Waals surface area contributed by atoms with Gasteiger partial charge in [0, 0.05) is 64.5 Å². The number of allylic oxidation sites excluding steroid dienone is 1. The molecule has 0 saturated heterocycles. The molecule has 0 spiro atoms. The van der Waals surface area contributed by atoms with Gasteiger partial charge in [-0.1, -0.05) is 6.58 Å². The van der Waals surface area contributed by atoms with Crippen LogP contribution in [-0.2, 0) is 15.9 Å². The maximum atomic E-state index is 14.1. The fourth-order valence-corrected chi connectivity index (χ4v) is 7.50. The summed E-state index contributed by atoms with van der Waals surface area (Å²) in [5.41, 5.74) is 4.58. The molecule has 0 aliphatic rings. The van der Waals surface area contributed by atoms with Gasteiger partial charge in [0.25, 0.3) is 5.91 Å². The van der Waals surface area contributed by atoms with Gasteiger partial charge in [-0.15, -0.1) is 0 Å². The minimum Gasteiger partial charge on any atom is -0.502 e. The van der Waals surface area contributed by atoms with Crippen LogP contribution in [0.1, 0.15) is 60.0 Å². The van der Waals surface area contributed by atoms with Crippen molar-refractivity contribution in [2.24, 2.45) is 0 Å². The molecular formula is C47H43F2N3O8. The molecule has 60 heavy (non-hydrogen) atoms. The Morgan fingerprint density at radius 2 is 1.38 bits per heavy atom. The van der Waals surface area contributed by atoms with Gasteiger partial charge in [-0.25, -0.2) is 13.6 Å². The highest BCUT2D eigenvalue weighted by molar-refractivity contribution is 6.18. The SMILES string of the molecule is C=C(CCCOC(=O)c1c(-c2ccc(F)cc2)oc2c1cc(OC(C)C)c1[nH]c(CC(C)Oc3cc4c(C(=O)NC)c(-c5ccc(F)cc5)oc4c4cc[nH]c34)cc12)OC. The van der Waals surface area contributed by atoms with Crippen LogP contribution in [-0.4, -0.2) is 54.8 Å². The van der Waals surface area contributed by atoms with Crippen molar-refractivity contribution in [2.75, 3.05) is 20.8 Å². The third-order valence-corrected chi connectivity index (χ3v) is 10.2. The maximum absolute atomic E-state index is 14.1. The van der Waals surface area contributed by atoms with Gasteiger partial charge in [0.15, 0.2) is 0 Å². The van der Waals surface area contributed by atoms with Crippen molar-refractivity contribution in [3.8, 4) is 34.1 Å². The summed E-state index contributed by atoms with van der Waals surface area (Å²) in [5, 5.41) is 5.10. The predicted molar refractivity (Wildman–Crippen MR) is 226 cm³/mol. The van der Waals surface area contributed by atoms with Crippen LogP contribution in [0.25, 0.3) is 66.4 Å². The molecule has 4 heterocycles. The summed E-state index contributed by atoms with van der Waals surface area (Å²) >= 11 is 0. The molecule has 1 unspecified atom stereocenters. The molecule has 8 rings (SSSR count). The highest BCUT2D eigenvalue weighted by atomic mass is 19.1. The second-order valence-corrected chi connectivity index (χ2v) is 14.8. The van der Waals surface area contributed by atoms with Crippen LogP contribution in [0.15, 0.2) is 100 Å². The summed E-state index contributed by atoms with van der Waals surface area (Å²) in [5.74, 6) is 0.333. The number of fused-ring (bicyclic) bond motifs is 6. The van der Waals surface area contributed by atoms with E-state index in [1.165, 1.54) is 31.3 Å². The lowest BCUT2D eigenvalue weighted by Crippen LogP contribution is -2.18. The Bertz CT molecular complexity index is 2900. The molecule has 0 saturated carbocycles. The summed E-state index contributed by atoms with van der Waals surface area (Å²) in [7, 11) is 3.08. The molecule has 0 aliphatic carbocycles. The van der Waals surface area contributed by atoms with Gasteiger partial charge >= 0.3 is 5.97 Å². The molecule has 4 aromatic heterocycles. The molecular weight excluding hydrogens is 773 g/mol. The Hall–Kier alpha value is -7.02. The zero-order valence-corrected chi connectivity index (χ0v) is 33.7. The van der Waals surface area contributed by atoms with Gasteiger partial charge in [-0.2, -0.15) is 0 Å². The number of aromatic nitrogens is 2. The zero-order chi connectivity index (χ0) is 42.2. The average Bonchev–Trinajstić information content (AvgIpc) is 4.04. The molecule has 1 atom stereocenters. The smallest absolute Gasteiger partial charge is 0.342 e. The molecule has 308 valence electrons.